The average molecular weight is 396 g/mol. The predicted octanol–water partition coefficient (Wildman–Crippen LogP) is 1.42. The summed E-state index contributed by atoms with van der Waals surface area (Å²) < 4.78 is 22.1. The summed E-state index contributed by atoms with van der Waals surface area (Å²) in [6.07, 6.45) is 4.80. The fourth-order valence-electron chi connectivity index (χ4n) is 2.30. The number of aliphatic hydroxyl groups excluding tert-OH is 1. The van der Waals surface area contributed by atoms with Crippen molar-refractivity contribution in [3.63, 3.8) is 0 Å². The summed E-state index contributed by atoms with van der Waals surface area (Å²) >= 11 is 0. The minimum Gasteiger partial charge on any atom is -0.756 e. The smallest absolute Gasteiger partial charge is 0.268 e. The van der Waals surface area contributed by atoms with E-state index in [1.165, 1.54) is 6.92 Å². The number of likely N-dealkylation sites (N-methyl/N-ethyl adjacent to an activating group) is 1. The van der Waals surface area contributed by atoms with Crippen LogP contribution in [0.5, 0.6) is 0 Å². The molecule has 0 aromatic carbocycles. The zero-order valence-electron chi connectivity index (χ0n) is 16.9. The van der Waals surface area contributed by atoms with E-state index < -0.39 is 20.0 Å². The normalized spacial score (nSPS) is 16.7. The largest absolute Gasteiger partial charge is 0.756 e. The SMILES string of the molecule is CCCCCCCC(O)C(COP(=O)([O-])OCC[N+](C)(C)C)NC(C)=O. The van der Waals surface area contributed by atoms with Crippen molar-refractivity contribution in [2.24, 2.45) is 0 Å². The molecular weight excluding hydrogens is 359 g/mol. The second-order valence-electron chi connectivity index (χ2n) is 7.67. The van der Waals surface area contributed by atoms with Crippen LogP contribution in [0.2, 0.25) is 0 Å². The van der Waals surface area contributed by atoms with Crippen molar-refractivity contribution in [3.05, 3.63) is 0 Å². The number of carbonyl (C=O) groups is 1. The number of aliphatic hydroxyl groups is 1. The van der Waals surface area contributed by atoms with Crippen LogP contribution in [0.3, 0.4) is 0 Å². The Morgan fingerprint density at radius 3 is 2.35 bits per heavy atom. The summed E-state index contributed by atoms with van der Waals surface area (Å²) in [6, 6.07) is -0.789. The second-order valence-corrected chi connectivity index (χ2v) is 9.08. The van der Waals surface area contributed by atoms with Crippen LogP contribution in [0.1, 0.15) is 52.4 Å². The molecule has 0 aromatic rings. The highest BCUT2D eigenvalue weighted by atomic mass is 31.2. The maximum atomic E-state index is 11.8. The van der Waals surface area contributed by atoms with Crippen molar-refractivity contribution < 1.29 is 32.9 Å². The quantitative estimate of drug-likeness (QED) is 0.246. The standard InChI is InChI=1S/C17H37N2O6P/c1-6-7-8-9-10-11-17(21)16(18-15(2)20)14-25-26(22,23)24-13-12-19(3,4)5/h16-17,21H,6-14H2,1-5H3,(H-,18,20,22,23). The van der Waals surface area contributed by atoms with Crippen molar-refractivity contribution in [2.45, 2.75) is 64.5 Å². The Kier molecular flexibility index (Phi) is 12.6. The van der Waals surface area contributed by atoms with Crippen LogP contribution in [0.15, 0.2) is 0 Å². The van der Waals surface area contributed by atoms with E-state index in [1.54, 1.807) is 0 Å². The molecule has 0 heterocycles. The number of hydrogen-bond donors (Lipinski definition) is 2. The van der Waals surface area contributed by atoms with Crippen molar-refractivity contribution in [3.8, 4) is 0 Å². The van der Waals surface area contributed by atoms with Gasteiger partial charge >= 0.3 is 0 Å². The highest BCUT2D eigenvalue weighted by Gasteiger charge is 2.23. The third-order valence-corrected chi connectivity index (χ3v) is 4.84. The maximum Gasteiger partial charge on any atom is 0.268 e. The number of unbranched alkanes of at least 4 members (excludes halogenated alkanes) is 4. The van der Waals surface area contributed by atoms with E-state index in [2.05, 4.69) is 12.2 Å². The molecule has 0 radical (unpaired) electrons. The number of phosphoric ester groups is 1. The maximum absolute atomic E-state index is 11.8. The molecule has 0 spiro atoms. The number of quaternary nitrogens is 1. The van der Waals surface area contributed by atoms with E-state index in [9.17, 15) is 19.4 Å². The molecule has 0 rings (SSSR count). The molecule has 3 atom stereocenters. The fourth-order valence-corrected chi connectivity index (χ4v) is 3.03. The van der Waals surface area contributed by atoms with Gasteiger partial charge in [-0.2, -0.15) is 0 Å². The third kappa shape index (κ3) is 14.6. The fraction of sp³-hybridized carbons (Fsp3) is 0.941. The summed E-state index contributed by atoms with van der Waals surface area (Å²) in [6.45, 7) is 3.61. The summed E-state index contributed by atoms with van der Waals surface area (Å²) in [5.74, 6) is -0.352. The number of nitrogens with one attached hydrogen (secondary N) is 1. The second kappa shape index (κ2) is 12.8. The Bertz CT molecular complexity index is 441. The summed E-state index contributed by atoms with van der Waals surface area (Å²) in [5.41, 5.74) is 0. The molecule has 26 heavy (non-hydrogen) atoms. The molecule has 2 N–H and O–H groups in total. The zero-order valence-corrected chi connectivity index (χ0v) is 17.8. The van der Waals surface area contributed by atoms with Crippen LogP contribution in [-0.4, -0.2) is 68.5 Å². The molecular formula is C17H37N2O6P. The zero-order chi connectivity index (χ0) is 20.2. The first-order chi connectivity index (χ1) is 12.0. The van der Waals surface area contributed by atoms with Gasteiger partial charge in [-0.15, -0.1) is 0 Å². The Morgan fingerprint density at radius 1 is 1.19 bits per heavy atom. The lowest BCUT2D eigenvalue weighted by Crippen LogP contribution is -2.45. The van der Waals surface area contributed by atoms with E-state index >= 15 is 0 Å². The van der Waals surface area contributed by atoms with Crippen LogP contribution in [0.4, 0.5) is 0 Å². The van der Waals surface area contributed by atoms with Gasteiger partial charge in [-0.3, -0.25) is 9.36 Å². The van der Waals surface area contributed by atoms with Gasteiger partial charge in [0, 0.05) is 6.92 Å². The molecule has 0 saturated carbocycles. The van der Waals surface area contributed by atoms with E-state index in [4.69, 9.17) is 9.05 Å². The molecule has 0 bridgehead atoms. The highest BCUT2D eigenvalue weighted by molar-refractivity contribution is 7.45. The van der Waals surface area contributed by atoms with Crippen LogP contribution < -0.4 is 10.2 Å². The molecule has 0 aliphatic rings. The first-order valence-electron chi connectivity index (χ1n) is 9.32. The average Bonchev–Trinajstić information content (AvgIpc) is 2.49. The number of rotatable bonds is 15. The molecule has 156 valence electrons. The predicted molar refractivity (Wildman–Crippen MR) is 99.4 cm³/mol. The summed E-state index contributed by atoms with van der Waals surface area (Å²) in [5, 5.41) is 12.8. The van der Waals surface area contributed by atoms with Crippen LogP contribution in [0.25, 0.3) is 0 Å². The molecule has 1 amide bonds. The van der Waals surface area contributed by atoms with Gasteiger partial charge in [-0.1, -0.05) is 39.0 Å². The van der Waals surface area contributed by atoms with E-state index in [1.807, 2.05) is 21.1 Å². The van der Waals surface area contributed by atoms with Gasteiger partial charge in [0.05, 0.1) is 39.9 Å². The number of phosphoric acid groups is 1. The van der Waals surface area contributed by atoms with Gasteiger partial charge in [-0.05, 0) is 6.42 Å². The van der Waals surface area contributed by atoms with E-state index in [0.717, 1.165) is 32.1 Å². The number of nitrogens with zero attached hydrogens (tertiary/aromatic N) is 1. The lowest BCUT2D eigenvalue weighted by molar-refractivity contribution is -0.870. The topological polar surface area (TPSA) is 108 Å². The van der Waals surface area contributed by atoms with Crippen LogP contribution in [0, 0.1) is 0 Å². The van der Waals surface area contributed by atoms with E-state index in [-0.39, 0.29) is 19.1 Å². The van der Waals surface area contributed by atoms with Gasteiger partial charge in [-0.25, -0.2) is 0 Å². The third-order valence-electron chi connectivity index (χ3n) is 3.88. The van der Waals surface area contributed by atoms with Crippen LogP contribution >= 0.6 is 7.82 Å². The minimum atomic E-state index is -4.48. The Hall–Kier alpha value is -0.500. The molecule has 0 aliphatic heterocycles. The van der Waals surface area contributed by atoms with Crippen LogP contribution in [-0.2, 0) is 18.4 Å². The van der Waals surface area contributed by atoms with Gasteiger partial charge in [0.25, 0.3) is 7.82 Å². The molecule has 0 saturated heterocycles. The molecule has 0 aromatic heterocycles. The molecule has 8 nitrogen and oxygen atoms in total. The number of carbonyl (C=O) groups excluding carboxylic acids is 1. The highest BCUT2D eigenvalue weighted by Crippen LogP contribution is 2.38. The van der Waals surface area contributed by atoms with Gasteiger partial charge in [0.2, 0.25) is 5.91 Å². The molecule has 0 aliphatic carbocycles. The first-order valence-corrected chi connectivity index (χ1v) is 10.8. The minimum absolute atomic E-state index is 0.00899. The van der Waals surface area contributed by atoms with Gasteiger partial charge < -0.3 is 28.8 Å². The molecule has 3 unspecified atom stereocenters. The Balaban J connectivity index is 4.41. The Morgan fingerprint density at radius 2 is 1.81 bits per heavy atom. The lowest BCUT2D eigenvalue weighted by Gasteiger charge is -2.29. The van der Waals surface area contributed by atoms with Crippen molar-refractivity contribution in [1.82, 2.24) is 5.32 Å². The number of hydrogen-bond acceptors (Lipinski definition) is 6. The monoisotopic (exact) mass is 396 g/mol. The first kappa shape index (κ1) is 25.5. The van der Waals surface area contributed by atoms with Crippen molar-refractivity contribution in [2.75, 3.05) is 40.9 Å². The molecule has 9 heteroatoms. The van der Waals surface area contributed by atoms with Gasteiger partial charge in [0.1, 0.15) is 13.2 Å². The number of amides is 1. The van der Waals surface area contributed by atoms with Gasteiger partial charge in [0.15, 0.2) is 0 Å². The Labute approximate surface area is 158 Å². The van der Waals surface area contributed by atoms with E-state index in [0.29, 0.717) is 17.4 Å². The summed E-state index contributed by atoms with van der Waals surface area (Å²) in [4.78, 5) is 23.2. The molecule has 0 fully saturated rings. The van der Waals surface area contributed by atoms with Crippen molar-refractivity contribution >= 4 is 13.7 Å². The summed E-state index contributed by atoms with van der Waals surface area (Å²) in [7, 11) is 1.28. The van der Waals surface area contributed by atoms with Crippen molar-refractivity contribution in [1.29, 1.82) is 0 Å². The lowest BCUT2D eigenvalue weighted by atomic mass is 10.0.